The van der Waals surface area contributed by atoms with E-state index in [4.69, 9.17) is 11.6 Å². The van der Waals surface area contributed by atoms with Gasteiger partial charge in [0.05, 0.1) is 4.92 Å². The molecule has 1 aromatic rings. The third-order valence-electron chi connectivity index (χ3n) is 2.43. The Morgan fingerprint density at radius 3 is 2.65 bits per heavy atom. The van der Waals surface area contributed by atoms with Gasteiger partial charge in [-0.05, 0) is 25.1 Å². The number of amides is 1. The van der Waals surface area contributed by atoms with Crippen LogP contribution in [0.15, 0.2) is 18.2 Å². The van der Waals surface area contributed by atoms with Gasteiger partial charge in [0.25, 0.3) is 5.91 Å². The van der Waals surface area contributed by atoms with Crippen LogP contribution < -0.4 is 10.6 Å². The Balaban J connectivity index is 0.00000361. The highest BCUT2D eigenvalue weighted by Gasteiger charge is 2.23. The quantitative estimate of drug-likeness (QED) is 0.459. The number of para-hydroxylation sites is 1. The summed E-state index contributed by atoms with van der Waals surface area (Å²) in [6.07, 6.45) is 1.01. The van der Waals surface area contributed by atoms with E-state index in [9.17, 15) is 14.9 Å². The Hall–Kier alpha value is -1.37. The largest absolute Gasteiger partial charge is 0.351 e. The fraction of sp³-hybridized carbons (Fsp3) is 0.417. The molecule has 0 aliphatic carbocycles. The van der Waals surface area contributed by atoms with E-state index < -0.39 is 10.8 Å². The number of hydrogen-bond acceptors (Lipinski definition) is 4. The van der Waals surface area contributed by atoms with E-state index in [1.807, 2.05) is 6.92 Å². The van der Waals surface area contributed by atoms with Crippen molar-refractivity contribution >= 4 is 35.6 Å². The van der Waals surface area contributed by atoms with E-state index in [-0.39, 0.29) is 28.7 Å². The molecule has 20 heavy (non-hydrogen) atoms. The molecule has 8 heteroatoms. The first-order valence-electron chi connectivity index (χ1n) is 5.99. The van der Waals surface area contributed by atoms with Gasteiger partial charge in [-0.3, -0.25) is 14.9 Å². The minimum atomic E-state index is -0.646. The average Bonchev–Trinajstić information content (AvgIpc) is 2.37. The van der Waals surface area contributed by atoms with Crippen LogP contribution in [0.5, 0.6) is 0 Å². The molecule has 2 N–H and O–H groups in total. The summed E-state index contributed by atoms with van der Waals surface area (Å²) in [6, 6.07) is 4.29. The second-order valence-corrected chi connectivity index (χ2v) is 4.31. The summed E-state index contributed by atoms with van der Waals surface area (Å²) in [5.74, 6) is -0.493. The van der Waals surface area contributed by atoms with E-state index in [0.717, 1.165) is 13.0 Å². The minimum absolute atomic E-state index is 0. The Bertz CT molecular complexity index is 469. The van der Waals surface area contributed by atoms with Gasteiger partial charge in [-0.15, -0.1) is 12.4 Å². The lowest BCUT2D eigenvalue weighted by atomic mass is 10.1. The Kier molecular flexibility index (Phi) is 8.87. The van der Waals surface area contributed by atoms with Crippen LogP contribution in [-0.2, 0) is 0 Å². The number of hydrogen-bond donors (Lipinski definition) is 2. The molecule has 0 saturated heterocycles. The Labute approximate surface area is 128 Å². The molecule has 1 amide bonds. The van der Waals surface area contributed by atoms with Crippen LogP contribution >= 0.6 is 24.0 Å². The van der Waals surface area contributed by atoms with Crippen LogP contribution in [0, 0.1) is 10.1 Å². The summed E-state index contributed by atoms with van der Waals surface area (Å²) in [4.78, 5) is 22.1. The maximum atomic E-state index is 11.9. The Morgan fingerprint density at radius 1 is 1.35 bits per heavy atom. The minimum Gasteiger partial charge on any atom is -0.351 e. The highest BCUT2D eigenvalue weighted by molar-refractivity contribution is 6.33. The van der Waals surface area contributed by atoms with Crippen molar-refractivity contribution in [1.82, 2.24) is 10.6 Å². The summed E-state index contributed by atoms with van der Waals surface area (Å²) < 4.78 is 0. The molecule has 0 saturated carbocycles. The molecule has 0 fully saturated rings. The average molecular weight is 322 g/mol. The summed E-state index contributed by atoms with van der Waals surface area (Å²) in [7, 11) is 0. The first kappa shape index (κ1) is 18.6. The zero-order chi connectivity index (χ0) is 14.3. The monoisotopic (exact) mass is 321 g/mol. The number of nitrogens with one attached hydrogen (secondary N) is 2. The van der Waals surface area contributed by atoms with Crippen molar-refractivity contribution in [2.24, 2.45) is 0 Å². The van der Waals surface area contributed by atoms with Crippen molar-refractivity contribution < 1.29 is 9.72 Å². The van der Waals surface area contributed by atoms with Gasteiger partial charge in [0.15, 0.2) is 0 Å². The number of carbonyl (C=O) groups excluding carboxylic acids is 1. The maximum Gasteiger partial charge on any atom is 0.300 e. The van der Waals surface area contributed by atoms with Crippen LogP contribution in [0.1, 0.15) is 23.7 Å². The normalized spacial score (nSPS) is 9.70. The molecule has 0 atom stereocenters. The van der Waals surface area contributed by atoms with Crippen LogP contribution in [-0.4, -0.2) is 30.5 Å². The first-order chi connectivity index (χ1) is 9.07. The molecule has 0 aromatic heterocycles. The van der Waals surface area contributed by atoms with Crippen molar-refractivity contribution in [2.75, 3.05) is 19.6 Å². The predicted octanol–water partition coefficient (Wildman–Crippen LogP) is 2.40. The van der Waals surface area contributed by atoms with Gasteiger partial charge in [0, 0.05) is 13.1 Å². The molecule has 0 spiro atoms. The topological polar surface area (TPSA) is 84.3 Å². The highest BCUT2D eigenvalue weighted by atomic mass is 35.5. The SMILES string of the molecule is CCCNCCNC(=O)c1cccc(Cl)c1[N+](=O)[O-].Cl. The molecular formula is C12H17Cl2N3O3. The van der Waals surface area contributed by atoms with E-state index in [2.05, 4.69) is 10.6 Å². The van der Waals surface area contributed by atoms with Crippen molar-refractivity contribution in [1.29, 1.82) is 0 Å². The number of halogens is 2. The van der Waals surface area contributed by atoms with Crippen molar-refractivity contribution in [3.05, 3.63) is 38.9 Å². The molecule has 0 aliphatic rings. The third-order valence-corrected chi connectivity index (χ3v) is 2.73. The predicted molar refractivity (Wildman–Crippen MR) is 80.8 cm³/mol. The van der Waals surface area contributed by atoms with Crippen LogP contribution in [0.2, 0.25) is 5.02 Å². The van der Waals surface area contributed by atoms with E-state index >= 15 is 0 Å². The molecule has 0 heterocycles. The fourth-order valence-corrected chi connectivity index (χ4v) is 1.79. The number of nitro groups is 1. The van der Waals surface area contributed by atoms with Crippen LogP contribution in [0.3, 0.4) is 0 Å². The number of carbonyl (C=O) groups is 1. The van der Waals surface area contributed by atoms with Crippen molar-refractivity contribution in [3.63, 3.8) is 0 Å². The molecule has 112 valence electrons. The fourth-order valence-electron chi connectivity index (χ4n) is 1.55. The molecule has 0 bridgehead atoms. The van der Waals surface area contributed by atoms with Gasteiger partial charge < -0.3 is 10.6 Å². The molecular weight excluding hydrogens is 305 g/mol. The van der Waals surface area contributed by atoms with Crippen molar-refractivity contribution in [3.8, 4) is 0 Å². The van der Waals surface area contributed by atoms with E-state index in [1.165, 1.54) is 18.2 Å². The zero-order valence-corrected chi connectivity index (χ0v) is 12.6. The molecule has 0 aliphatic heterocycles. The lowest BCUT2D eigenvalue weighted by molar-refractivity contribution is -0.385. The second kappa shape index (κ2) is 9.52. The van der Waals surface area contributed by atoms with Crippen LogP contribution in [0.25, 0.3) is 0 Å². The molecule has 1 rings (SSSR count). The standard InChI is InChI=1S/C12H16ClN3O3.ClH/c1-2-6-14-7-8-15-12(17)9-4-3-5-10(13)11(9)16(18)19;/h3-5,14H,2,6-8H2,1H3,(H,15,17);1H. The van der Waals surface area contributed by atoms with Gasteiger partial charge in [0.1, 0.15) is 10.6 Å². The van der Waals surface area contributed by atoms with E-state index in [1.54, 1.807) is 0 Å². The van der Waals surface area contributed by atoms with Crippen molar-refractivity contribution in [2.45, 2.75) is 13.3 Å². The van der Waals surface area contributed by atoms with E-state index in [0.29, 0.717) is 13.1 Å². The smallest absolute Gasteiger partial charge is 0.300 e. The van der Waals surface area contributed by atoms with Gasteiger partial charge in [-0.25, -0.2) is 0 Å². The number of nitro benzene ring substituents is 1. The summed E-state index contributed by atoms with van der Waals surface area (Å²) in [5, 5.41) is 16.6. The highest BCUT2D eigenvalue weighted by Crippen LogP contribution is 2.27. The van der Waals surface area contributed by atoms with Gasteiger partial charge >= 0.3 is 5.69 Å². The van der Waals surface area contributed by atoms with Gasteiger partial charge in [0.2, 0.25) is 0 Å². The maximum absolute atomic E-state index is 11.9. The number of rotatable bonds is 7. The molecule has 0 unspecified atom stereocenters. The number of benzene rings is 1. The lowest BCUT2D eigenvalue weighted by Crippen LogP contribution is -2.32. The Morgan fingerprint density at radius 2 is 2.05 bits per heavy atom. The summed E-state index contributed by atoms with van der Waals surface area (Å²) >= 11 is 5.74. The zero-order valence-electron chi connectivity index (χ0n) is 11.0. The molecule has 1 aromatic carbocycles. The van der Waals surface area contributed by atoms with Gasteiger partial charge in [-0.2, -0.15) is 0 Å². The first-order valence-corrected chi connectivity index (χ1v) is 6.37. The third kappa shape index (κ3) is 5.32. The second-order valence-electron chi connectivity index (χ2n) is 3.90. The summed E-state index contributed by atoms with van der Waals surface area (Å²) in [6.45, 7) is 3.94. The number of nitrogens with zero attached hydrogens (tertiary/aromatic N) is 1. The lowest BCUT2D eigenvalue weighted by Gasteiger charge is -2.07. The summed E-state index contributed by atoms with van der Waals surface area (Å²) in [5.41, 5.74) is -0.379. The molecule has 0 radical (unpaired) electrons. The van der Waals surface area contributed by atoms with Gasteiger partial charge in [-0.1, -0.05) is 24.6 Å². The van der Waals surface area contributed by atoms with Crippen LogP contribution in [0.4, 0.5) is 5.69 Å². The molecule has 6 nitrogen and oxygen atoms in total.